The topological polar surface area (TPSA) is 46.5 Å². The predicted octanol–water partition coefficient (Wildman–Crippen LogP) is 2.44. The van der Waals surface area contributed by atoms with E-state index in [0.29, 0.717) is 12.2 Å². The Morgan fingerprint density at radius 1 is 1.40 bits per heavy atom. The maximum absolute atomic E-state index is 11.5. The van der Waals surface area contributed by atoms with Crippen LogP contribution in [0.15, 0.2) is 12.1 Å². The van der Waals surface area contributed by atoms with Crippen molar-refractivity contribution in [3.8, 4) is 5.75 Å². The predicted molar refractivity (Wildman–Crippen MR) is 58.2 cm³/mol. The van der Waals surface area contributed by atoms with Gasteiger partial charge in [-0.25, -0.2) is 4.79 Å². The highest BCUT2D eigenvalue weighted by Gasteiger charge is 2.14. The molecule has 82 valence electrons. The highest BCUT2D eigenvalue weighted by Crippen LogP contribution is 2.24. The molecule has 0 spiro atoms. The molecular formula is C12H16O3. The summed E-state index contributed by atoms with van der Waals surface area (Å²) in [6.07, 6.45) is 0.827. The first-order chi connectivity index (χ1) is 7.10. The lowest BCUT2D eigenvalue weighted by atomic mass is 10.0. The Morgan fingerprint density at radius 2 is 2.07 bits per heavy atom. The second kappa shape index (κ2) is 4.82. The van der Waals surface area contributed by atoms with E-state index in [4.69, 9.17) is 4.74 Å². The van der Waals surface area contributed by atoms with E-state index in [1.165, 1.54) is 0 Å². The SMILES string of the molecule is CCOC(=O)c1cc(CC)cc(C)c1O. The molecule has 1 rings (SSSR count). The molecule has 1 N–H and O–H groups in total. The molecule has 0 aliphatic rings. The average molecular weight is 208 g/mol. The van der Waals surface area contributed by atoms with Gasteiger partial charge in [-0.2, -0.15) is 0 Å². The van der Waals surface area contributed by atoms with Gasteiger partial charge in [-0.3, -0.25) is 0 Å². The van der Waals surface area contributed by atoms with Crippen molar-refractivity contribution in [2.75, 3.05) is 6.61 Å². The fourth-order valence-corrected chi connectivity index (χ4v) is 1.42. The van der Waals surface area contributed by atoms with Crippen LogP contribution in [0.5, 0.6) is 5.75 Å². The summed E-state index contributed by atoms with van der Waals surface area (Å²) in [5, 5.41) is 9.71. The molecule has 0 amide bonds. The van der Waals surface area contributed by atoms with E-state index in [1.807, 2.05) is 13.0 Å². The van der Waals surface area contributed by atoms with Crippen LogP contribution in [0.25, 0.3) is 0 Å². The Hall–Kier alpha value is -1.51. The van der Waals surface area contributed by atoms with E-state index in [9.17, 15) is 9.90 Å². The zero-order valence-corrected chi connectivity index (χ0v) is 9.33. The molecule has 0 saturated heterocycles. The summed E-state index contributed by atoms with van der Waals surface area (Å²) in [5.74, 6) is -0.445. The summed E-state index contributed by atoms with van der Waals surface area (Å²) in [6.45, 7) is 5.83. The molecule has 0 bridgehead atoms. The van der Waals surface area contributed by atoms with Crippen LogP contribution < -0.4 is 0 Å². The third-order valence-electron chi connectivity index (χ3n) is 2.26. The van der Waals surface area contributed by atoms with Crippen LogP contribution in [0.4, 0.5) is 0 Å². The Bertz CT molecular complexity index is 369. The third kappa shape index (κ3) is 2.49. The van der Waals surface area contributed by atoms with Gasteiger partial charge in [0.2, 0.25) is 0 Å². The van der Waals surface area contributed by atoms with Gasteiger partial charge in [0, 0.05) is 0 Å². The largest absolute Gasteiger partial charge is 0.507 e. The molecular weight excluding hydrogens is 192 g/mol. The highest BCUT2D eigenvalue weighted by atomic mass is 16.5. The fraction of sp³-hybridized carbons (Fsp3) is 0.417. The summed E-state index contributed by atoms with van der Waals surface area (Å²) in [6, 6.07) is 3.55. The molecule has 0 atom stereocenters. The number of benzene rings is 1. The molecule has 3 nitrogen and oxygen atoms in total. The van der Waals surface area contributed by atoms with Crippen LogP contribution in [0.3, 0.4) is 0 Å². The molecule has 1 aromatic carbocycles. The molecule has 0 aliphatic heterocycles. The summed E-state index contributed by atoms with van der Waals surface area (Å²) in [4.78, 5) is 11.5. The van der Waals surface area contributed by atoms with Crippen LogP contribution in [0.2, 0.25) is 0 Å². The van der Waals surface area contributed by atoms with Crippen LogP contribution in [-0.4, -0.2) is 17.7 Å². The zero-order chi connectivity index (χ0) is 11.4. The average Bonchev–Trinajstić information content (AvgIpc) is 2.22. The number of phenols is 1. The first-order valence-electron chi connectivity index (χ1n) is 5.09. The van der Waals surface area contributed by atoms with Crippen molar-refractivity contribution in [1.29, 1.82) is 0 Å². The van der Waals surface area contributed by atoms with Gasteiger partial charge < -0.3 is 9.84 Å². The number of esters is 1. The van der Waals surface area contributed by atoms with Gasteiger partial charge in [0.1, 0.15) is 11.3 Å². The van der Waals surface area contributed by atoms with E-state index in [1.54, 1.807) is 19.9 Å². The van der Waals surface area contributed by atoms with Crippen molar-refractivity contribution in [2.24, 2.45) is 0 Å². The van der Waals surface area contributed by atoms with Crippen molar-refractivity contribution in [3.05, 3.63) is 28.8 Å². The number of carbonyl (C=O) groups is 1. The molecule has 0 unspecified atom stereocenters. The molecule has 0 radical (unpaired) electrons. The molecule has 0 saturated carbocycles. The Morgan fingerprint density at radius 3 is 2.60 bits per heavy atom. The number of carbonyl (C=O) groups excluding carboxylic acids is 1. The molecule has 1 aromatic rings. The lowest BCUT2D eigenvalue weighted by molar-refractivity contribution is 0.0523. The summed E-state index contributed by atoms with van der Waals surface area (Å²) >= 11 is 0. The molecule has 3 heteroatoms. The number of aryl methyl sites for hydroxylation is 2. The minimum absolute atomic E-state index is 0.0191. The van der Waals surface area contributed by atoms with Crippen molar-refractivity contribution in [3.63, 3.8) is 0 Å². The normalized spacial score (nSPS) is 10.1. The Labute approximate surface area is 89.7 Å². The minimum Gasteiger partial charge on any atom is -0.507 e. The second-order valence-corrected chi connectivity index (χ2v) is 3.38. The Balaban J connectivity index is 3.15. The number of ether oxygens (including phenoxy) is 1. The molecule has 0 fully saturated rings. The van der Waals surface area contributed by atoms with Crippen molar-refractivity contribution < 1.29 is 14.6 Å². The van der Waals surface area contributed by atoms with E-state index >= 15 is 0 Å². The van der Waals surface area contributed by atoms with Crippen molar-refractivity contribution >= 4 is 5.97 Å². The third-order valence-corrected chi connectivity index (χ3v) is 2.26. The van der Waals surface area contributed by atoms with Crippen LogP contribution >= 0.6 is 0 Å². The smallest absolute Gasteiger partial charge is 0.341 e. The van der Waals surface area contributed by atoms with Gasteiger partial charge in [-0.05, 0) is 37.5 Å². The van der Waals surface area contributed by atoms with Crippen molar-refractivity contribution in [2.45, 2.75) is 27.2 Å². The molecule has 0 heterocycles. The van der Waals surface area contributed by atoms with Gasteiger partial charge >= 0.3 is 5.97 Å². The first-order valence-corrected chi connectivity index (χ1v) is 5.09. The summed E-state index contributed by atoms with van der Waals surface area (Å²) in [7, 11) is 0. The van der Waals surface area contributed by atoms with Crippen LogP contribution in [0, 0.1) is 6.92 Å². The summed E-state index contributed by atoms with van der Waals surface area (Å²) < 4.78 is 4.86. The standard InChI is InChI=1S/C12H16O3/c1-4-9-6-8(3)11(13)10(7-9)12(14)15-5-2/h6-7,13H,4-5H2,1-3H3. The first kappa shape index (κ1) is 11.6. The van der Waals surface area contributed by atoms with Crippen molar-refractivity contribution in [1.82, 2.24) is 0 Å². The molecule has 0 aliphatic carbocycles. The second-order valence-electron chi connectivity index (χ2n) is 3.38. The van der Waals surface area contributed by atoms with Gasteiger partial charge in [0.15, 0.2) is 0 Å². The van der Waals surface area contributed by atoms with E-state index in [-0.39, 0.29) is 11.3 Å². The number of rotatable bonds is 3. The number of hydrogen-bond acceptors (Lipinski definition) is 3. The fourth-order valence-electron chi connectivity index (χ4n) is 1.42. The van der Waals surface area contributed by atoms with Gasteiger partial charge in [-0.15, -0.1) is 0 Å². The van der Waals surface area contributed by atoms with Gasteiger partial charge in [0.05, 0.1) is 6.61 Å². The lowest BCUT2D eigenvalue weighted by Crippen LogP contribution is -2.06. The zero-order valence-electron chi connectivity index (χ0n) is 9.33. The van der Waals surface area contributed by atoms with E-state index in [0.717, 1.165) is 12.0 Å². The van der Waals surface area contributed by atoms with Crippen LogP contribution in [0.1, 0.15) is 35.3 Å². The number of hydrogen-bond donors (Lipinski definition) is 1. The Kier molecular flexibility index (Phi) is 3.72. The lowest BCUT2D eigenvalue weighted by Gasteiger charge is -2.08. The van der Waals surface area contributed by atoms with Gasteiger partial charge in [-0.1, -0.05) is 13.0 Å². The van der Waals surface area contributed by atoms with Crippen LogP contribution in [-0.2, 0) is 11.2 Å². The number of aromatic hydroxyl groups is 1. The maximum atomic E-state index is 11.5. The molecule has 15 heavy (non-hydrogen) atoms. The van der Waals surface area contributed by atoms with E-state index < -0.39 is 5.97 Å². The number of phenolic OH excluding ortho intramolecular Hbond substituents is 1. The molecule has 0 aromatic heterocycles. The maximum Gasteiger partial charge on any atom is 0.341 e. The van der Waals surface area contributed by atoms with E-state index in [2.05, 4.69) is 0 Å². The summed E-state index contributed by atoms with van der Waals surface area (Å²) in [5.41, 5.74) is 1.99. The monoisotopic (exact) mass is 208 g/mol. The van der Waals surface area contributed by atoms with Gasteiger partial charge in [0.25, 0.3) is 0 Å². The highest BCUT2D eigenvalue weighted by molar-refractivity contribution is 5.93. The quantitative estimate of drug-likeness (QED) is 0.776. The minimum atomic E-state index is -0.464.